The molecule has 26 heavy (non-hydrogen) atoms. The SMILES string of the molecule is CC(c1ncn[nH]1)N(CC1CC1)C(=O)C1=CC(SC(F)(F)F)CC(Cl)=C1. The Labute approximate surface area is 158 Å². The number of amides is 1. The number of H-pyrrole nitrogens is 1. The number of aromatic amines is 1. The number of nitrogens with one attached hydrogen (secondary N) is 1. The molecule has 1 N–H and O–H groups in total. The lowest BCUT2D eigenvalue weighted by Gasteiger charge is -2.30. The normalized spacial score (nSPS) is 21.8. The average Bonchev–Trinajstić information content (AvgIpc) is 3.19. The van der Waals surface area contributed by atoms with Crippen LogP contribution in [0.5, 0.6) is 0 Å². The Morgan fingerprint density at radius 2 is 2.23 bits per heavy atom. The summed E-state index contributed by atoms with van der Waals surface area (Å²) in [6.45, 7) is 2.35. The van der Waals surface area contributed by atoms with Crippen LogP contribution in [0.15, 0.2) is 29.1 Å². The lowest BCUT2D eigenvalue weighted by atomic mass is 10.0. The molecule has 1 heterocycles. The molecule has 2 atom stereocenters. The predicted octanol–water partition coefficient (Wildman–Crippen LogP) is 4.18. The first-order chi connectivity index (χ1) is 12.2. The van der Waals surface area contributed by atoms with E-state index < -0.39 is 10.8 Å². The fraction of sp³-hybridized carbons (Fsp3) is 0.562. The lowest BCUT2D eigenvalue weighted by Crippen LogP contribution is -2.37. The molecule has 142 valence electrons. The molecule has 10 heteroatoms. The van der Waals surface area contributed by atoms with Crippen molar-refractivity contribution in [3.05, 3.63) is 34.9 Å². The van der Waals surface area contributed by atoms with Crippen LogP contribution in [0.3, 0.4) is 0 Å². The average molecular weight is 407 g/mol. The van der Waals surface area contributed by atoms with Crippen molar-refractivity contribution in [2.24, 2.45) is 5.92 Å². The van der Waals surface area contributed by atoms with Gasteiger partial charge in [-0.3, -0.25) is 9.89 Å². The van der Waals surface area contributed by atoms with Gasteiger partial charge in [0.1, 0.15) is 12.2 Å². The maximum Gasteiger partial charge on any atom is 0.442 e. The van der Waals surface area contributed by atoms with Gasteiger partial charge in [-0.1, -0.05) is 17.7 Å². The van der Waals surface area contributed by atoms with Crippen LogP contribution in [0, 0.1) is 5.92 Å². The minimum atomic E-state index is -4.38. The van der Waals surface area contributed by atoms with E-state index in [1.807, 2.05) is 6.92 Å². The van der Waals surface area contributed by atoms with Gasteiger partial charge >= 0.3 is 5.51 Å². The van der Waals surface area contributed by atoms with Gasteiger partial charge in [0.15, 0.2) is 0 Å². The highest BCUT2D eigenvalue weighted by Gasteiger charge is 2.36. The Balaban J connectivity index is 1.82. The molecule has 2 aliphatic rings. The second-order valence-corrected chi connectivity index (χ2v) is 8.26. The van der Waals surface area contributed by atoms with E-state index in [1.54, 1.807) is 4.90 Å². The summed E-state index contributed by atoms with van der Waals surface area (Å²) in [4.78, 5) is 18.8. The Bertz CT molecular complexity index is 716. The van der Waals surface area contributed by atoms with Crippen LogP contribution in [0.4, 0.5) is 13.2 Å². The number of alkyl halides is 3. The molecule has 1 saturated carbocycles. The molecule has 1 fully saturated rings. The third kappa shape index (κ3) is 5.03. The van der Waals surface area contributed by atoms with Gasteiger partial charge in [0, 0.05) is 22.4 Å². The van der Waals surface area contributed by atoms with Gasteiger partial charge in [0.25, 0.3) is 5.91 Å². The molecule has 2 unspecified atom stereocenters. The fourth-order valence-corrected chi connectivity index (χ4v) is 4.03. The smallest absolute Gasteiger partial charge is 0.328 e. The standard InChI is InChI=1S/C16H18ClF3N4OS/c1-9(14-21-8-22-23-14)24(7-10-2-3-10)15(25)11-4-12(17)6-13(5-11)26-16(18,19)20/h4-5,8-10,13H,2-3,6-7H2,1H3,(H,21,22,23). The van der Waals surface area contributed by atoms with Crippen LogP contribution in [0.1, 0.15) is 38.1 Å². The molecule has 1 amide bonds. The lowest BCUT2D eigenvalue weighted by molar-refractivity contribution is -0.129. The van der Waals surface area contributed by atoms with E-state index in [4.69, 9.17) is 11.6 Å². The third-order valence-corrected chi connectivity index (χ3v) is 5.45. The molecular weight excluding hydrogens is 389 g/mol. The Kier molecular flexibility index (Phi) is 5.67. The summed E-state index contributed by atoms with van der Waals surface area (Å²) in [7, 11) is 0. The quantitative estimate of drug-likeness (QED) is 0.769. The van der Waals surface area contributed by atoms with Gasteiger partial charge in [-0.2, -0.15) is 18.3 Å². The van der Waals surface area contributed by atoms with E-state index in [2.05, 4.69) is 15.2 Å². The highest BCUT2D eigenvalue weighted by atomic mass is 35.5. The van der Waals surface area contributed by atoms with Crippen molar-refractivity contribution in [1.82, 2.24) is 20.1 Å². The van der Waals surface area contributed by atoms with Gasteiger partial charge in [0.2, 0.25) is 0 Å². The fourth-order valence-electron chi connectivity index (χ4n) is 2.83. The van der Waals surface area contributed by atoms with Gasteiger partial charge in [0.05, 0.1) is 6.04 Å². The molecule has 0 radical (unpaired) electrons. The van der Waals surface area contributed by atoms with E-state index in [0.717, 1.165) is 12.8 Å². The number of hydrogen-bond acceptors (Lipinski definition) is 4. The Morgan fingerprint density at radius 3 is 2.81 bits per heavy atom. The third-order valence-electron chi connectivity index (χ3n) is 4.32. The van der Waals surface area contributed by atoms with Crippen molar-refractivity contribution in [3.8, 4) is 0 Å². The number of rotatable bonds is 6. The van der Waals surface area contributed by atoms with Gasteiger partial charge in [-0.05, 0) is 49.9 Å². The molecule has 0 aliphatic heterocycles. The first-order valence-electron chi connectivity index (χ1n) is 8.21. The first kappa shape index (κ1) is 19.3. The van der Waals surface area contributed by atoms with Crippen molar-refractivity contribution >= 4 is 29.3 Å². The van der Waals surface area contributed by atoms with E-state index in [-0.39, 0.29) is 40.7 Å². The molecule has 0 aromatic carbocycles. The molecule has 0 bridgehead atoms. The molecule has 1 aromatic heterocycles. The van der Waals surface area contributed by atoms with Crippen molar-refractivity contribution < 1.29 is 18.0 Å². The first-order valence-corrected chi connectivity index (χ1v) is 9.47. The highest BCUT2D eigenvalue weighted by molar-refractivity contribution is 8.00. The predicted molar refractivity (Wildman–Crippen MR) is 93.3 cm³/mol. The zero-order valence-corrected chi connectivity index (χ0v) is 15.5. The molecule has 2 aliphatic carbocycles. The largest absolute Gasteiger partial charge is 0.442 e. The van der Waals surface area contributed by atoms with Crippen molar-refractivity contribution in [3.63, 3.8) is 0 Å². The number of halogens is 4. The number of thioether (sulfide) groups is 1. The number of aromatic nitrogens is 3. The van der Waals surface area contributed by atoms with E-state index in [1.165, 1.54) is 18.5 Å². The van der Waals surface area contributed by atoms with Crippen LogP contribution in [0.25, 0.3) is 0 Å². The van der Waals surface area contributed by atoms with Crippen molar-refractivity contribution in [2.45, 2.75) is 43.0 Å². The summed E-state index contributed by atoms with van der Waals surface area (Å²) in [6, 6.07) is -0.366. The summed E-state index contributed by atoms with van der Waals surface area (Å²) in [6.07, 6.45) is 6.31. The molecule has 5 nitrogen and oxygen atoms in total. The summed E-state index contributed by atoms with van der Waals surface area (Å²) < 4.78 is 38.1. The highest BCUT2D eigenvalue weighted by Crippen LogP contribution is 2.40. The van der Waals surface area contributed by atoms with Gasteiger partial charge < -0.3 is 4.90 Å². The van der Waals surface area contributed by atoms with Crippen LogP contribution < -0.4 is 0 Å². The van der Waals surface area contributed by atoms with Gasteiger partial charge in [-0.15, -0.1) is 0 Å². The van der Waals surface area contributed by atoms with Crippen LogP contribution in [0.2, 0.25) is 0 Å². The minimum Gasteiger partial charge on any atom is -0.328 e. The summed E-state index contributed by atoms with van der Waals surface area (Å²) in [5, 5.41) is 5.89. The maximum absolute atomic E-state index is 13.1. The molecule has 0 saturated heterocycles. The molecule has 3 rings (SSSR count). The van der Waals surface area contributed by atoms with Crippen molar-refractivity contribution in [1.29, 1.82) is 0 Å². The zero-order chi connectivity index (χ0) is 18.9. The zero-order valence-electron chi connectivity index (χ0n) is 14.0. The summed E-state index contributed by atoms with van der Waals surface area (Å²) in [5.74, 6) is 0.603. The molecule has 0 spiro atoms. The number of allylic oxidation sites excluding steroid dienone is 1. The second-order valence-electron chi connectivity index (χ2n) is 6.47. The second kappa shape index (κ2) is 7.64. The van der Waals surface area contributed by atoms with E-state index in [9.17, 15) is 18.0 Å². The minimum absolute atomic E-state index is 0.0583. The number of carbonyl (C=O) groups excluding carboxylic acids is 1. The molecular formula is C16H18ClF3N4OS. The van der Waals surface area contributed by atoms with Crippen molar-refractivity contribution in [2.75, 3.05) is 6.54 Å². The molecule has 1 aromatic rings. The summed E-state index contributed by atoms with van der Waals surface area (Å²) in [5.41, 5.74) is -4.19. The van der Waals surface area contributed by atoms with E-state index >= 15 is 0 Å². The van der Waals surface area contributed by atoms with Crippen LogP contribution in [-0.4, -0.2) is 43.3 Å². The topological polar surface area (TPSA) is 61.9 Å². The van der Waals surface area contributed by atoms with E-state index in [0.29, 0.717) is 18.3 Å². The summed E-state index contributed by atoms with van der Waals surface area (Å²) >= 11 is 5.87. The maximum atomic E-state index is 13.1. The number of carbonyl (C=O) groups is 1. The number of nitrogens with zero attached hydrogens (tertiary/aromatic N) is 3. The Hall–Kier alpha value is -1.48. The van der Waals surface area contributed by atoms with Crippen LogP contribution >= 0.6 is 23.4 Å². The van der Waals surface area contributed by atoms with Gasteiger partial charge in [-0.25, -0.2) is 4.98 Å². The monoisotopic (exact) mass is 406 g/mol. The number of hydrogen-bond donors (Lipinski definition) is 1. The Morgan fingerprint density at radius 1 is 1.50 bits per heavy atom. The van der Waals surface area contributed by atoms with Crippen LogP contribution in [-0.2, 0) is 4.79 Å².